The number of aliphatic hydroxyl groups excluding tert-OH is 1. The van der Waals surface area contributed by atoms with Gasteiger partial charge in [0.15, 0.2) is 0 Å². The van der Waals surface area contributed by atoms with Crippen LogP contribution in [0.4, 0.5) is 0 Å². The van der Waals surface area contributed by atoms with Crippen molar-refractivity contribution >= 4 is 27.5 Å². The molecule has 2 nitrogen and oxygen atoms in total. The molecule has 19 heavy (non-hydrogen) atoms. The molecule has 1 saturated carbocycles. The Morgan fingerprint density at radius 1 is 1.63 bits per heavy atom. The highest BCUT2D eigenvalue weighted by molar-refractivity contribution is 9.10. The second-order valence-corrected chi connectivity index (χ2v) is 6.62. The number of benzene rings is 1. The molecule has 2 rings (SSSR count). The van der Waals surface area contributed by atoms with Crippen molar-refractivity contribution in [3.8, 4) is 6.07 Å². The number of hydrogen-bond donors (Lipinski definition) is 1. The smallest absolute Gasteiger partial charge is 0.0976 e. The maximum atomic E-state index is 10.6. The monoisotopic (exact) mass is 341 g/mol. The first-order chi connectivity index (χ1) is 9.02. The maximum absolute atomic E-state index is 10.6. The summed E-state index contributed by atoms with van der Waals surface area (Å²) in [4.78, 5) is 0. The molecule has 1 fully saturated rings. The number of halogens is 2. The second-order valence-electron chi connectivity index (χ2n) is 5.36. The Morgan fingerprint density at radius 2 is 2.37 bits per heavy atom. The SMILES string of the molecule is CCC1CCC(C#N)(C(O)c2ccc(Br)c(Cl)c2)C1. The van der Waals surface area contributed by atoms with E-state index in [2.05, 4.69) is 28.9 Å². The van der Waals surface area contributed by atoms with Gasteiger partial charge in [0.2, 0.25) is 0 Å². The molecule has 0 saturated heterocycles. The first-order valence-corrected chi connectivity index (χ1v) is 7.74. The third-order valence-electron chi connectivity index (χ3n) is 4.23. The van der Waals surface area contributed by atoms with Gasteiger partial charge >= 0.3 is 0 Å². The van der Waals surface area contributed by atoms with Crippen LogP contribution < -0.4 is 0 Å². The molecule has 0 aliphatic heterocycles. The molecule has 102 valence electrons. The van der Waals surface area contributed by atoms with Crippen LogP contribution in [0.2, 0.25) is 5.02 Å². The Morgan fingerprint density at radius 3 is 2.89 bits per heavy atom. The van der Waals surface area contributed by atoms with E-state index in [1.54, 1.807) is 6.07 Å². The number of nitriles is 1. The van der Waals surface area contributed by atoms with E-state index in [0.717, 1.165) is 35.7 Å². The Bertz CT molecular complexity index is 513. The van der Waals surface area contributed by atoms with Crippen molar-refractivity contribution in [2.24, 2.45) is 11.3 Å². The average molecular weight is 343 g/mol. The zero-order valence-corrected chi connectivity index (χ0v) is 13.2. The minimum atomic E-state index is -0.764. The van der Waals surface area contributed by atoms with Crippen molar-refractivity contribution in [2.45, 2.75) is 38.7 Å². The van der Waals surface area contributed by atoms with E-state index in [0.29, 0.717) is 10.9 Å². The van der Waals surface area contributed by atoms with Gasteiger partial charge in [-0.15, -0.1) is 0 Å². The highest BCUT2D eigenvalue weighted by Gasteiger charge is 2.45. The molecule has 0 radical (unpaired) electrons. The largest absolute Gasteiger partial charge is 0.387 e. The molecule has 0 bridgehead atoms. The minimum absolute atomic E-state index is 0.542. The third-order valence-corrected chi connectivity index (χ3v) is 5.47. The molecule has 1 aliphatic carbocycles. The van der Waals surface area contributed by atoms with Gasteiger partial charge in [-0.05, 0) is 58.8 Å². The molecule has 3 unspecified atom stereocenters. The minimum Gasteiger partial charge on any atom is -0.387 e. The van der Waals surface area contributed by atoms with E-state index in [1.165, 1.54) is 0 Å². The third kappa shape index (κ3) is 2.81. The Balaban J connectivity index is 2.29. The Labute approximate surface area is 127 Å². The zero-order valence-electron chi connectivity index (χ0n) is 10.9. The fourth-order valence-electron chi connectivity index (χ4n) is 2.94. The van der Waals surface area contributed by atoms with Gasteiger partial charge in [-0.1, -0.05) is 31.0 Å². The van der Waals surface area contributed by atoms with E-state index in [9.17, 15) is 10.4 Å². The van der Waals surface area contributed by atoms with E-state index in [4.69, 9.17) is 11.6 Å². The Kier molecular flexibility index (Phi) is 4.55. The summed E-state index contributed by atoms with van der Waals surface area (Å²) in [6.45, 7) is 2.14. The highest BCUT2D eigenvalue weighted by Crippen LogP contribution is 2.50. The number of rotatable bonds is 3. The lowest BCUT2D eigenvalue weighted by Gasteiger charge is -2.28. The second kappa shape index (κ2) is 5.83. The Hall–Kier alpha value is -0.560. The van der Waals surface area contributed by atoms with E-state index in [1.807, 2.05) is 12.1 Å². The normalized spacial score (nSPS) is 28.1. The summed E-state index contributed by atoms with van der Waals surface area (Å²) in [7, 11) is 0. The van der Waals surface area contributed by atoms with Gasteiger partial charge in [-0.25, -0.2) is 0 Å². The van der Waals surface area contributed by atoms with E-state index in [-0.39, 0.29) is 0 Å². The highest BCUT2D eigenvalue weighted by atomic mass is 79.9. The number of aliphatic hydroxyl groups is 1. The van der Waals surface area contributed by atoms with Crippen molar-refractivity contribution in [1.82, 2.24) is 0 Å². The predicted molar refractivity (Wildman–Crippen MR) is 79.8 cm³/mol. The van der Waals surface area contributed by atoms with Crippen LogP contribution in [-0.2, 0) is 0 Å². The number of hydrogen-bond acceptors (Lipinski definition) is 2. The predicted octanol–water partition coefficient (Wildman–Crippen LogP) is 4.86. The van der Waals surface area contributed by atoms with Crippen molar-refractivity contribution < 1.29 is 5.11 Å². The standard InChI is InChI=1S/C15H17BrClNO/c1-2-10-5-6-15(8-10,9-18)14(19)11-3-4-12(16)13(17)7-11/h3-4,7,10,14,19H,2,5-6,8H2,1H3. The van der Waals surface area contributed by atoms with Gasteiger partial charge in [0.05, 0.1) is 22.6 Å². The molecule has 0 amide bonds. The van der Waals surface area contributed by atoms with Crippen LogP contribution in [-0.4, -0.2) is 5.11 Å². The van der Waals surface area contributed by atoms with Gasteiger partial charge in [0.25, 0.3) is 0 Å². The van der Waals surface area contributed by atoms with Crippen LogP contribution in [0, 0.1) is 22.7 Å². The van der Waals surface area contributed by atoms with E-state index >= 15 is 0 Å². The van der Waals surface area contributed by atoms with Crippen LogP contribution >= 0.6 is 27.5 Å². The molecular formula is C15H17BrClNO. The zero-order chi connectivity index (χ0) is 14.0. The van der Waals surface area contributed by atoms with Crippen LogP contribution in [0.1, 0.15) is 44.3 Å². The fourth-order valence-corrected chi connectivity index (χ4v) is 3.38. The van der Waals surface area contributed by atoms with Gasteiger partial charge in [0.1, 0.15) is 0 Å². The molecule has 1 N–H and O–H groups in total. The molecule has 0 aromatic heterocycles. The first-order valence-electron chi connectivity index (χ1n) is 6.56. The molecule has 1 aromatic rings. The summed E-state index contributed by atoms with van der Waals surface area (Å²) in [5, 5.41) is 20.7. The van der Waals surface area contributed by atoms with Crippen molar-refractivity contribution in [2.75, 3.05) is 0 Å². The van der Waals surface area contributed by atoms with Gasteiger partial charge in [0, 0.05) is 4.47 Å². The van der Waals surface area contributed by atoms with Gasteiger partial charge < -0.3 is 5.11 Å². The lowest BCUT2D eigenvalue weighted by molar-refractivity contribution is 0.0641. The summed E-state index contributed by atoms with van der Waals surface area (Å²) in [5.74, 6) is 0.542. The molecule has 3 atom stereocenters. The van der Waals surface area contributed by atoms with Crippen LogP contribution in [0.15, 0.2) is 22.7 Å². The van der Waals surface area contributed by atoms with Crippen molar-refractivity contribution in [3.63, 3.8) is 0 Å². The van der Waals surface area contributed by atoms with Gasteiger partial charge in [-0.3, -0.25) is 0 Å². The lowest BCUT2D eigenvalue weighted by Crippen LogP contribution is -2.24. The molecule has 0 spiro atoms. The first kappa shape index (κ1) is 14.8. The van der Waals surface area contributed by atoms with E-state index < -0.39 is 11.5 Å². The van der Waals surface area contributed by atoms with Crippen molar-refractivity contribution in [1.29, 1.82) is 5.26 Å². The maximum Gasteiger partial charge on any atom is 0.0976 e. The molecule has 0 heterocycles. The fraction of sp³-hybridized carbons (Fsp3) is 0.533. The molecular weight excluding hydrogens is 326 g/mol. The average Bonchev–Trinajstić information content (AvgIpc) is 2.86. The van der Waals surface area contributed by atoms with Gasteiger partial charge in [-0.2, -0.15) is 5.26 Å². The summed E-state index contributed by atoms with van der Waals surface area (Å²) in [5.41, 5.74) is 0.0733. The summed E-state index contributed by atoms with van der Waals surface area (Å²) >= 11 is 9.40. The summed E-state index contributed by atoms with van der Waals surface area (Å²) in [6, 6.07) is 7.76. The number of nitrogens with zero attached hydrogens (tertiary/aromatic N) is 1. The van der Waals surface area contributed by atoms with Crippen LogP contribution in [0.25, 0.3) is 0 Å². The summed E-state index contributed by atoms with van der Waals surface area (Å²) in [6.07, 6.45) is 2.86. The quantitative estimate of drug-likeness (QED) is 0.852. The molecule has 1 aliphatic rings. The molecule has 4 heteroatoms. The lowest BCUT2D eigenvalue weighted by atomic mass is 9.78. The molecule has 1 aromatic carbocycles. The topological polar surface area (TPSA) is 44.0 Å². The van der Waals surface area contributed by atoms with Crippen LogP contribution in [0.3, 0.4) is 0 Å². The van der Waals surface area contributed by atoms with Crippen LogP contribution in [0.5, 0.6) is 0 Å². The van der Waals surface area contributed by atoms with Crippen molar-refractivity contribution in [3.05, 3.63) is 33.3 Å². The summed E-state index contributed by atoms with van der Waals surface area (Å²) < 4.78 is 0.800.